The molecule has 0 aromatic carbocycles. The largest absolute Gasteiger partial charge is 0.395 e. The number of aliphatic hydroxyl groups excluding tert-OH is 2. The second-order valence-corrected chi connectivity index (χ2v) is 6.24. The van der Waals surface area contributed by atoms with Crippen molar-refractivity contribution in [1.82, 2.24) is 4.90 Å². The van der Waals surface area contributed by atoms with E-state index in [-0.39, 0.29) is 17.2 Å². The van der Waals surface area contributed by atoms with Crippen LogP contribution in [0.15, 0.2) is 6.07 Å². The van der Waals surface area contributed by atoms with Crippen LogP contribution in [0.2, 0.25) is 0 Å². The molecule has 0 radical (unpaired) electrons. The highest BCUT2D eigenvalue weighted by molar-refractivity contribution is 7.16. The Morgan fingerprint density at radius 1 is 1.43 bits per heavy atom. The first-order chi connectivity index (χ1) is 10.0. The first-order valence-electron chi connectivity index (χ1n) is 7.07. The van der Waals surface area contributed by atoms with Crippen LogP contribution >= 0.6 is 11.3 Å². The fraction of sp³-hybridized carbons (Fsp3) is 0.692. The second kappa shape index (κ2) is 7.17. The van der Waals surface area contributed by atoms with Gasteiger partial charge in [-0.25, -0.2) is 0 Å². The van der Waals surface area contributed by atoms with Gasteiger partial charge in [-0.3, -0.25) is 15.0 Å². The van der Waals surface area contributed by atoms with E-state index >= 15 is 0 Å². The number of rotatable bonds is 5. The van der Waals surface area contributed by atoms with Crippen LogP contribution in [0.25, 0.3) is 0 Å². The number of nitrogens with zero attached hydrogens (tertiary/aromatic N) is 3. The lowest BCUT2D eigenvalue weighted by molar-refractivity contribution is -0.383. The molecule has 1 aliphatic heterocycles. The zero-order chi connectivity index (χ0) is 15.4. The summed E-state index contributed by atoms with van der Waals surface area (Å²) in [6.45, 7) is 5.50. The Morgan fingerprint density at radius 2 is 2.19 bits per heavy atom. The van der Waals surface area contributed by atoms with Crippen molar-refractivity contribution in [3.05, 3.63) is 21.1 Å². The molecule has 1 saturated heterocycles. The zero-order valence-corrected chi connectivity index (χ0v) is 12.9. The number of nitro groups is 1. The molecule has 2 N–H and O–H groups in total. The lowest BCUT2D eigenvalue weighted by Crippen LogP contribution is -2.32. The summed E-state index contributed by atoms with van der Waals surface area (Å²) in [6.07, 6.45) is 0.208. The monoisotopic (exact) mass is 315 g/mol. The van der Waals surface area contributed by atoms with Crippen LogP contribution in [0, 0.1) is 10.1 Å². The third-order valence-corrected chi connectivity index (χ3v) is 4.97. The molecule has 0 saturated carbocycles. The lowest BCUT2D eigenvalue weighted by Gasteiger charge is -2.21. The number of anilines is 1. The molecular formula is C13H21N3O4S. The molecule has 0 bridgehead atoms. The van der Waals surface area contributed by atoms with E-state index in [1.54, 1.807) is 6.92 Å². The highest BCUT2D eigenvalue weighted by Gasteiger charge is 2.26. The second-order valence-electron chi connectivity index (χ2n) is 5.18. The maximum Gasteiger partial charge on any atom is 0.304 e. The van der Waals surface area contributed by atoms with Gasteiger partial charge in [-0.05, 0) is 19.9 Å². The van der Waals surface area contributed by atoms with Crippen LogP contribution in [0.5, 0.6) is 0 Å². The van der Waals surface area contributed by atoms with Crippen molar-refractivity contribution in [2.75, 3.05) is 44.2 Å². The number of thiophene rings is 1. The minimum Gasteiger partial charge on any atom is -0.395 e. The predicted octanol–water partition coefficient (Wildman–Crippen LogP) is 1.21. The molecule has 118 valence electrons. The molecule has 7 nitrogen and oxygen atoms in total. The molecule has 0 aliphatic carbocycles. The van der Waals surface area contributed by atoms with Gasteiger partial charge in [0.05, 0.1) is 17.6 Å². The molecule has 1 aromatic rings. The minimum atomic E-state index is -0.694. The predicted molar refractivity (Wildman–Crippen MR) is 82.0 cm³/mol. The van der Waals surface area contributed by atoms with E-state index in [9.17, 15) is 15.2 Å². The van der Waals surface area contributed by atoms with Crippen molar-refractivity contribution in [3.8, 4) is 0 Å². The van der Waals surface area contributed by atoms with E-state index in [1.807, 2.05) is 4.90 Å². The van der Waals surface area contributed by atoms with E-state index in [1.165, 1.54) is 17.4 Å². The highest BCUT2D eigenvalue weighted by Crippen LogP contribution is 2.40. The van der Waals surface area contributed by atoms with Crippen molar-refractivity contribution >= 4 is 22.0 Å². The van der Waals surface area contributed by atoms with Gasteiger partial charge >= 0.3 is 5.69 Å². The van der Waals surface area contributed by atoms with Gasteiger partial charge < -0.3 is 15.1 Å². The average molecular weight is 315 g/mol. The van der Waals surface area contributed by atoms with Gasteiger partial charge in [-0.1, -0.05) is 0 Å². The molecule has 2 heterocycles. The van der Waals surface area contributed by atoms with Crippen LogP contribution in [0.1, 0.15) is 24.3 Å². The van der Waals surface area contributed by atoms with Gasteiger partial charge in [0.15, 0.2) is 5.00 Å². The molecule has 8 heteroatoms. The first-order valence-corrected chi connectivity index (χ1v) is 7.89. The molecule has 1 fully saturated rings. The molecule has 1 aliphatic rings. The number of β-amino-alcohol motifs (C(OH)–C–C–N with tert-alkyl or cyclic N) is 1. The fourth-order valence-electron chi connectivity index (χ4n) is 2.49. The number of hydrogen-bond acceptors (Lipinski definition) is 7. The highest BCUT2D eigenvalue weighted by atomic mass is 32.1. The molecule has 1 atom stereocenters. The molecule has 2 rings (SSSR count). The van der Waals surface area contributed by atoms with Crippen LogP contribution in [-0.4, -0.2) is 59.4 Å². The van der Waals surface area contributed by atoms with Crippen molar-refractivity contribution in [3.63, 3.8) is 0 Å². The van der Waals surface area contributed by atoms with Crippen LogP contribution < -0.4 is 4.90 Å². The van der Waals surface area contributed by atoms with Crippen molar-refractivity contribution < 1.29 is 15.1 Å². The Kier molecular flexibility index (Phi) is 5.51. The zero-order valence-electron chi connectivity index (χ0n) is 12.1. The normalized spacial score (nSPS) is 18.5. The quantitative estimate of drug-likeness (QED) is 0.627. The van der Waals surface area contributed by atoms with Gasteiger partial charge in [-0.2, -0.15) is 0 Å². The molecule has 0 amide bonds. The van der Waals surface area contributed by atoms with Crippen LogP contribution in [0.3, 0.4) is 0 Å². The van der Waals surface area contributed by atoms with Crippen LogP contribution in [0.4, 0.5) is 10.7 Å². The average Bonchev–Trinajstić information content (AvgIpc) is 2.76. The third kappa shape index (κ3) is 3.91. The molecular weight excluding hydrogens is 294 g/mol. The van der Waals surface area contributed by atoms with Gasteiger partial charge in [0.2, 0.25) is 0 Å². The molecule has 1 unspecified atom stereocenters. The number of hydrogen-bond donors (Lipinski definition) is 2. The van der Waals surface area contributed by atoms with E-state index < -0.39 is 6.10 Å². The first kappa shape index (κ1) is 16.2. The fourth-order valence-corrected chi connectivity index (χ4v) is 3.61. The van der Waals surface area contributed by atoms with Gasteiger partial charge in [0, 0.05) is 37.1 Å². The van der Waals surface area contributed by atoms with Crippen molar-refractivity contribution in [2.24, 2.45) is 0 Å². The summed E-state index contributed by atoms with van der Waals surface area (Å²) in [4.78, 5) is 15.6. The van der Waals surface area contributed by atoms with Gasteiger partial charge in [0.25, 0.3) is 0 Å². The van der Waals surface area contributed by atoms with E-state index in [4.69, 9.17) is 5.11 Å². The maximum absolute atomic E-state index is 11.2. The summed E-state index contributed by atoms with van der Waals surface area (Å²) in [7, 11) is 0. The summed E-state index contributed by atoms with van der Waals surface area (Å²) >= 11 is 1.29. The van der Waals surface area contributed by atoms with E-state index in [0.717, 1.165) is 26.1 Å². The molecule has 21 heavy (non-hydrogen) atoms. The van der Waals surface area contributed by atoms with Crippen molar-refractivity contribution in [2.45, 2.75) is 19.4 Å². The summed E-state index contributed by atoms with van der Waals surface area (Å²) < 4.78 is 0. The maximum atomic E-state index is 11.2. The van der Waals surface area contributed by atoms with Gasteiger partial charge in [0.1, 0.15) is 0 Å². The third-order valence-electron chi connectivity index (χ3n) is 3.61. The Balaban J connectivity index is 2.18. The van der Waals surface area contributed by atoms with Crippen molar-refractivity contribution in [1.29, 1.82) is 0 Å². The molecule has 0 spiro atoms. The summed E-state index contributed by atoms with van der Waals surface area (Å²) in [5.41, 5.74) is 0.0755. The summed E-state index contributed by atoms with van der Waals surface area (Å²) in [5, 5.41) is 30.5. The van der Waals surface area contributed by atoms with E-state index in [2.05, 4.69) is 4.90 Å². The topological polar surface area (TPSA) is 90.1 Å². The lowest BCUT2D eigenvalue weighted by atomic mass is 10.3. The Labute approximate surface area is 127 Å². The number of aliphatic hydroxyl groups is 2. The Hall–Kier alpha value is -1.22. The smallest absolute Gasteiger partial charge is 0.304 e. The standard InChI is InChI=1S/C13H21N3O4S/c1-10(18)12-9-11(16(19)20)13(21-12)15-4-2-3-14(5-6-15)7-8-17/h9-10,17-18H,2-8H2,1H3. The Morgan fingerprint density at radius 3 is 2.81 bits per heavy atom. The SMILES string of the molecule is CC(O)c1cc([N+](=O)[O-])c(N2CCCN(CCO)CC2)s1. The van der Waals surface area contributed by atoms with Gasteiger partial charge in [-0.15, -0.1) is 11.3 Å². The minimum absolute atomic E-state index is 0.0755. The molecule has 1 aromatic heterocycles. The summed E-state index contributed by atoms with van der Waals surface area (Å²) in [6, 6.07) is 1.47. The van der Waals surface area contributed by atoms with E-state index in [0.29, 0.717) is 23.0 Å². The Bertz CT molecular complexity index is 492. The summed E-state index contributed by atoms with van der Waals surface area (Å²) in [5.74, 6) is 0. The van der Waals surface area contributed by atoms with Crippen LogP contribution in [-0.2, 0) is 0 Å².